The molecule has 0 radical (unpaired) electrons. The smallest absolute Gasteiger partial charge is 0.172 e. The fraction of sp³-hybridized carbons (Fsp3) is 0.954. The van der Waals surface area contributed by atoms with E-state index in [9.17, 15) is 20.1 Å². The summed E-state index contributed by atoms with van der Waals surface area (Å²) in [6.07, 6.45) is 80.5. The van der Waals surface area contributed by atoms with Crippen LogP contribution in [0, 0.1) is 5.92 Å². The number of ketones is 1. The van der Waals surface area contributed by atoms with Crippen LogP contribution in [-0.4, -0.2) is 39.9 Å². The number of hydrogen-bond donors (Lipinski definition) is 3. The Kier molecular flexibility index (Phi) is 57.6. The van der Waals surface area contributed by atoms with Gasteiger partial charge in [0.2, 0.25) is 0 Å². The lowest BCUT2D eigenvalue weighted by Crippen LogP contribution is -2.49. The molecule has 0 saturated carbocycles. The average Bonchev–Trinajstić information content (AvgIpc) is 3.36. The average molecular weight is 974 g/mol. The summed E-state index contributed by atoms with van der Waals surface area (Å²) in [6.45, 7) is 3.19. The van der Waals surface area contributed by atoms with Gasteiger partial charge in [0.25, 0.3) is 0 Å². The van der Waals surface area contributed by atoms with Gasteiger partial charge in [-0.1, -0.05) is 347 Å². The fourth-order valence-corrected chi connectivity index (χ4v) is 10.8. The maximum absolute atomic E-state index is 13.2. The molecule has 0 rings (SSSR count). The van der Waals surface area contributed by atoms with E-state index < -0.39 is 18.8 Å². The number of carbonyl (C=O) groups excluding carboxylic acids is 1. The van der Waals surface area contributed by atoms with Crippen molar-refractivity contribution >= 4 is 5.78 Å². The van der Waals surface area contributed by atoms with Crippen molar-refractivity contribution in [2.75, 3.05) is 13.2 Å². The zero-order valence-corrected chi connectivity index (χ0v) is 47.5. The number of aliphatic hydroxyl groups excluding tert-OH is 2. The minimum absolute atomic E-state index is 0.275. The standard InChI is InChI=1S/C65H128O4/c1-3-5-7-9-11-13-15-17-19-21-23-25-26-27-28-29-30-31-32-33-34-35-36-37-38-39-40-42-44-46-48-50-52-54-56-58-60-63(64(68)65(69,61-66)62-67)59-57-55-53-51-49-47-45-43-41-24-22-20-18-16-14-12-10-8-6-4-2/h46,48,63,66-67,69H,3-45,47,49-62H2,1-2H3/b48-46-. The summed E-state index contributed by atoms with van der Waals surface area (Å²) in [5, 5.41) is 30.0. The Morgan fingerprint density at radius 3 is 0.667 bits per heavy atom. The summed E-state index contributed by atoms with van der Waals surface area (Å²) in [7, 11) is 0. The third kappa shape index (κ3) is 50.6. The quantitative estimate of drug-likeness (QED) is 0.0419. The lowest BCUT2D eigenvalue weighted by molar-refractivity contribution is -0.151. The number of Topliss-reactive ketones (excluding diaryl/α,β-unsaturated/α-hetero) is 1. The molecule has 0 aromatic carbocycles. The number of unbranched alkanes of at least 4 members (excludes halogenated alkanes) is 51. The highest BCUT2D eigenvalue weighted by Crippen LogP contribution is 2.25. The first-order valence-corrected chi connectivity index (χ1v) is 32.2. The molecule has 0 aromatic rings. The third-order valence-electron chi connectivity index (χ3n) is 15.8. The van der Waals surface area contributed by atoms with Crippen LogP contribution in [0.3, 0.4) is 0 Å². The van der Waals surface area contributed by atoms with Crippen molar-refractivity contribution in [3.63, 3.8) is 0 Å². The maximum Gasteiger partial charge on any atom is 0.172 e. The van der Waals surface area contributed by atoms with Gasteiger partial charge in [-0.3, -0.25) is 4.79 Å². The minimum atomic E-state index is -2.01. The SMILES string of the molecule is CCCCCCCCCCCCCCCCCCCCCCCCCCCCCC/C=C\CCCCCCC(CCCCCCCCCCCCCCCCCCCCCC)C(=O)C(O)(CO)CO. The van der Waals surface area contributed by atoms with Crippen LogP contribution in [0.2, 0.25) is 0 Å². The topological polar surface area (TPSA) is 77.8 Å². The molecule has 69 heavy (non-hydrogen) atoms. The van der Waals surface area contributed by atoms with Gasteiger partial charge in [-0.15, -0.1) is 0 Å². The van der Waals surface area contributed by atoms with E-state index in [0.717, 1.165) is 51.4 Å². The molecule has 0 bridgehead atoms. The summed E-state index contributed by atoms with van der Waals surface area (Å²) in [6, 6.07) is 0. The highest BCUT2D eigenvalue weighted by atomic mass is 16.4. The molecule has 4 nitrogen and oxygen atoms in total. The van der Waals surface area contributed by atoms with Gasteiger partial charge < -0.3 is 15.3 Å². The van der Waals surface area contributed by atoms with Gasteiger partial charge in [0.15, 0.2) is 11.4 Å². The van der Waals surface area contributed by atoms with Crippen molar-refractivity contribution in [1.82, 2.24) is 0 Å². The van der Waals surface area contributed by atoms with Gasteiger partial charge in [0, 0.05) is 5.92 Å². The van der Waals surface area contributed by atoms with Crippen molar-refractivity contribution in [3.8, 4) is 0 Å². The van der Waals surface area contributed by atoms with Crippen LogP contribution in [0.4, 0.5) is 0 Å². The van der Waals surface area contributed by atoms with Gasteiger partial charge in [-0.2, -0.15) is 0 Å². The molecule has 0 aromatic heterocycles. The van der Waals surface area contributed by atoms with E-state index >= 15 is 0 Å². The van der Waals surface area contributed by atoms with E-state index in [0.29, 0.717) is 0 Å². The number of aliphatic hydroxyl groups is 3. The van der Waals surface area contributed by atoms with Crippen LogP contribution < -0.4 is 0 Å². The molecule has 0 heterocycles. The summed E-state index contributed by atoms with van der Waals surface area (Å²) in [5.74, 6) is -0.632. The molecular formula is C65H128O4. The zero-order valence-electron chi connectivity index (χ0n) is 47.5. The fourth-order valence-electron chi connectivity index (χ4n) is 10.8. The number of rotatable bonds is 61. The van der Waals surface area contributed by atoms with Crippen LogP contribution in [0.25, 0.3) is 0 Å². The van der Waals surface area contributed by atoms with Crippen LogP contribution in [0.15, 0.2) is 12.2 Å². The first kappa shape index (κ1) is 68.3. The molecule has 0 spiro atoms. The van der Waals surface area contributed by atoms with E-state index in [1.807, 2.05) is 0 Å². The third-order valence-corrected chi connectivity index (χ3v) is 15.8. The molecule has 0 aliphatic carbocycles. The molecule has 1 unspecified atom stereocenters. The Morgan fingerprint density at radius 2 is 0.478 bits per heavy atom. The number of allylic oxidation sites excluding steroid dienone is 2. The van der Waals surface area contributed by atoms with E-state index in [4.69, 9.17) is 0 Å². The van der Waals surface area contributed by atoms with Gasteiger partial charge in [-0.05, 0) is 38.5 Å². The Morgan fingerprint density at radius 1 is 0.304 bits per heavy atom. The second kappa shape index (κ2) is 58.2. The van der Waals surface area contributed by atoms with Gasteiger partial charge >= 0.3 is 0 Å². The molecule has 0 fully saturated rings. The molecule has 0 saturated heterocycles. The summed E-state index contributed by atoms with van der Waals surface area (Å²) >= 11 is 0. The van der Waals surface area contributed by atoms with Gasteiger partial charge in [0.1, 0.15) is 0 Å². The molecule has 412 valence electrons. The lowest BCUT2D eigenvalue weighted by Gasteiger charge is -2.27. The second-order valence-corrected chi connectivity index (χ2v) is 22.7. The monoisotopic (exact) mass is 973 g/mol. The van der Waals surface area contributed by atoms with Crippen molar-refractivity contribution in [2.24, 2.45) is 5.92 Å². The maximum atomic E-state index is 13.2. The van der Waals surface area contributed by atoms with E-state index in [2.05, 4.69) is 26.0 Å². The van der Waals surface area contributed by atoms with E-state index in [-0.39, 0.29) is 11.7 Å². The zero-order chi connectivity index (χ0) is 50.1. The molecule has 0 amide bonds. The molecular weight excluding hydrogens is 845 g/mol. The Hall–Kier alpha value is -0.710. The van der Waals surface area contributed by atoms with Crippen molar-refractivity contribution < 1.29 is 20.1 Å². The Bertz CT molecular complexity index is 989. The van der Waals surface area contributed by atoms with Crippen LogP contribution in [0.1, 0.15) is 373 Å². The summed E-state index contributed by atoms with van der Waals surface area (Å²) in [4.78, 5) is 13.2. The summed E-state index contributed by atoms with van der Waals surface area (Å²) in [5.41, 5.74) is -2.01. The molecule has 0 aliphatic heterocycles. The van der Waals surface area contributed by atoms with Crippen molar-refractivity contribution in [3.05, 3.63) is 12.2 Å². The van der Waals surface area contributed by atoms with Gasteiger partial charge in [-0.25, -0.2) is 0 Å². The van der Waals surface area contributed by atoms with Gasteiger partial charge in [0.05, 0.1) is 13.2 Å². The van der Waals surface area contributed by atoms with Crippen LogP contribution >= 0.6 is 0 Å². The Balaban J connectivity index is 3.65. The summed E-state index contributed by atoms with van der Waals surface area (Å²) < 4.78 is 0. The number of hydrogen-bond acceptors (Lipinski definition) is 4. The highest BCUT2D eigenvalue weighted by molar-refractivity contribution is 5.89. The molecule has 0 aliphatic rings. The molecule has 3 N–H and O–H groups in total. The first-order chi connectivity index (χ1) is 34.1. The molecule has 1 atom stereocenters. The van der Waals surface area contributed by atoms with Crippen molar-refractivity contribution in [1.29, 1.82) is 0 Å². The minimum Gasteiger partial charge on any atom is -0.393 e. The largest absolute Gasteiger partial charge is 0.393 e. The highest BCUT2D eigenvalue weighted by Gasteiger charge is 2.38. The second-order valence-electron chi connectivity index (χ2n) is 22.7. The normalized spacial score (nSPS) is 12.5. The first-order valence-electron chi connectivity index (χ1n) is 32.2. The van der Waals surface area contributed by atoms with E-state index in [1.165, 1.54) is 308 Å². The lowest BCUT2D eigenvalue weighted by atomic mass is 9.83. The van der Waals surface area contributed by atoms with E-state index in [1.54, 1.807) is 0 Å². The predicted octanol–water partition coefficient (Wildman–Crippen LogP) is 21.3. The molecule has 4 heteroatoms. The Labute approximate surface area is 434 Å². The predicted molar refractivity (Wildman–Crippen MR) is 307 cm³/mol. The van der Waals surface area contributed by atoms with Crippen molar-refractivity contribution in [2.45, 2.75) is 379 Å². The van der Waals surface area contributed by atoms with Crippen LogP contribution in [0.5, 0.6) is 0 Å². The number of carbonyl (C=O) groups is 1. The van der Waals surface area contributed by atoms with Crippen LogP contribution in [-0.2, 0) is 4.79 Å².